The average Bonchev–Trinajstić information content (AvgIpc) is 2.96. The smallest absolute Gasteiger partial charge is 0.323 e. The highest BCUT2D eigenvalue weighted by atomic mass is 16.5. The Morgan fingerprint density at radius 1 is 1.47 bits per heavy atom. The molecule has 1 atom stereocenters. The van der Waals surface area contributed by atoms with Crippen molar-refractivity contribution >= 4 is 5.97 Å². The molecular weight excluding hydrogens is 194 g/mol. The highest BCUT2D eigenvalue weighted by Gasteiger charge is 2.39. The van der Waals surface area contributed by atoms with E-state index in [4.69, 9.17) is 9.47 Å². The molecule has 1 saturated carbocycles. The van der Waals surface area contributed by atoms with Gasteiger partial charge in [0.1, 0.15) is 6.04 Å². The van der Waals surface area contributed by atoms with E-state index in [-0.39, 0.29) is 17.6 Å². The van der Waals surface area contributed by atoms with Gasteiger partial charge in [0.2, 0.25) is 0 Å². The van der Waals surface area contributed by atoms with Gasteiger partial charge in [0, 0.05) is 12.6 Å². The quantitative estimate of drug-likeness (QED) is 0.670. The van der Waals surface area contributed by atoms with Gasteiger partial charge in [0.05, 0.1) is 13.7 Å². The zero-order valence-corrected chi connectivity index (χ0v) is 10.0. The molecule has 0 aliphatic heterocycles. The maximum Gasteiger partial charge on any atom is 0.323 e. The van der Waals surface area contributed by atoms with E-state index < -0.39 is 0 Å². The van der Waals surface area contributed by atoms with Crippen molar-refractivity contribution < 1.29 is 14.3 Å². The SMILES string of the molecule is COCC(C)(C)NC(C(=O)OC)C1CC1. The first kappa shape index (κ1) is 12.5. The van der Waals surface area contributed by atoms with Gasteiger partial charge >= 0.3 is 5.97 Å². The van der Waals surface area contributed by atoms with E-state index in [1.54, 1.807) is 7.11 Å². The third kappa shape index (κ3) is 3.80. The van der Waals surface area contributed by atoms with Crippen LogP contribution in [0.15, 0.2) is 0 Å². The third-order valence-corrected chi connectivity index (χ3v) is 2.60. The summed E-state index contributed by atoms with van der Waals surface area (Å²) < 4.78 is 9.90. The Hall–Kier alpha value is -0.610. The Morgan fingerprint density at radius 3 is 2.47 bits per heavy atom. The maximum atomic E-state index is 11.5. The van der Waals surface area contributed by atoms with E-state index in [0.717, 1.165) is 12.8 Å². The van der Waals surface area contributed by atoms with E-state index in [1.165, 1.54) is 7.11 Å². The van der Waals surface area contributed by atoms with Gasteiger partial charge in [-0.3, -0.25) is 10.1 Å². The minimum atomic E-state index is -0.198. The molecule has 0 radical (unpaired) electrons. The van der Waals surface area contributed by atoms with Gasteiger partial charge in [0.15, 0.2) is 0 Å². The van der Waals surface area contributed by atoms with Gasteiger partial charge in [-0.15, -0.1) is 0 Å². The first-order valence-corrected chi connectivity index (χ1v) is 5.34. The van der Waals surface area contributed by atoms with Crippen LogP contribution in [0.1, 0.15) is 26.7 Å². The van der Waals surface area contributed by atoms with Crippen molar-refractivity contribution in [1.82, 2.24) is 5.32 Å². The predicted molar refractivity (Wildman–Crippen MR) is 57.6 cm³/mol. The lowest BCUT2D eigenvalue weighted by atomic mass is 10.0. The molecular formula is C11H21NO3. The molecule has 4 nitrogen and oxygen atoms in total. The van der Waals surface area contributed by atoms with Crippen molar-refractivity contribution in [3.05, 3.63) is 0 Å². The number of esters is 1. The molecule has 0 amide bonds. The van der Waals surface area contributed by atoms with Crippen molar-refractivity contribution in [2.45, 2.75) is 38.3 Å². The van der Waals surface area contributed by atoms with Gasteiger partial charge in [-0.05, 0) is 32.6 Å². The first-order valence-electron chi connectivity index (χ1n) is 5.34. The number of methoxy groups -OCH3 is 2. The molecule has 1 fully saturated rings. The zero-order chi connectivity index (χ0) is 11.5. The van der Waals surface area contributed by atoms with E-state index in [1.807, 2.05) is 13.8 Å². The van der Waals surface area contributed by atoms with Gasteiger partial charge in [-0.25, -0.2) is 0 Å². The molecule has 1 rings (SSSR count). The molecule has 1 N–H and O–H groups in total. The fourth-order valence-electron chi connectivity index (χ4n) is 1.75. The Morgan fingerprint density at radius 2 is 2.07 bits per heavy atom. The second kappa shape index (κ2) is 4.94. The van der Waals surface area contributed by atoms with Crippen LogP contribution in [-0.4, -0.2) is 38.4 Å². The van der Waals surface area contributed by atoms with Crippen molar-refractivity contribution in [2.24, 2.45) is 5.92 Å². The summed E-state index contributed by atoms with van der Waals surface area (Å²) in [5, 5.41) is 3.31. The van der Waals surface area contributed by atoms with E-state index in [2.05, 4.69) is 5.32 Å². The summed E-state index contributed by atoms with van der Waals surface area (Å²) >= 11 is 0. The van der Waals surface area contributed by atoms with Crippen LogP contribution in [0.2, 0.25) is 0 Å². The Labute approximate surface area is 91.3 Å². The zero-order valence-electron chi connectivity index (χ0n) is 10.0. The van der Waals surface area contributed by atoms with Crippen LogP contribution in [0.5, 0.6) is 0 Å². The largest absolute Gasteiger partial charge is 0.468 e. The number of hydrogen-bond donors (Lipinski definition) is 1. The van der Waals surface area contributed by atoms with Crippen molar-refractivity contribution in [3.63, 3.8) is 0 Å². The number of nitrogens with one attached hydrogen (secondary N) is 1. The van der Waals surface area contributed by atoms with Crippen LogP contribution in [0, 0.1) is 5.92 Å². The molecule has 0 spiro atoms. The Balaban J connectivity index is 2.53. The predicted octanol–water partition coefficient (Wildman–Crippen LogP) is 0.953. The van der Waals surface area contributed by atoms with Gasteiger partial charge in [-0.2, -0.15) is 0 Å². The Bertz CT molecular complexity index is 224. The molecule has 0 aromatic carbocycles. The van der Waals surface area contributed by atoms with Crippen LogP contribution in [0.3, 0.4) is 0 Å². The number of carbonyl (C=O) groups excluding carboxylic acids is 1. The monoisotopic (exact) mass is 215 g/mol. The average molecular weight is 215 g/mol. The molecule has 1 aliphatic carbocycles. The van der Waals surface area contributed by atoms with Gasteiger partial charge < -0.3 is 9.47 Å². The van der Waals surface area contributed by atoms with E-state index >= 15 is 0 Å². The van der Waals surface area contributed by atoms with E-state index in [9.17, 15) is 4.79 Å². The lowest BCUT2D eigenvalue weighted by Crippen LogP contribution is -2.53. The third-order valence-electron chi connectivity index (χ3n) is 2.60. The normalized spacial score (nSPS) is 18.7. The molecule has 0 aromatic heterocycles. The highest BCUT2D eigenvalue weighted by molar-refractivity contribution is 5.76. The number of carbonyl (C=O) groups is 1. The number of hydrogen-bond acceptors (Lipinski definition) is 4. The number of rotatable bonds is 6. The molecule has 0 bridgehead atoms. The Kier molecular flexibility index (Phi) is 4.11. The van der Waals surface area contributed by atoms with Crippen LogP contribution >= 0.6 is 0 Å². The molecule has 1 aliphatic rings. The fourth-order valence-corrected chi connectivity index (χ4v) is 1.75. The van der Waals surface area contributed by atoms with Gasteiger partial charge in [0.25, 0.3) is 0 Å². The van der Waals surface area contributed by atoms with Crippen molar-refractivity contribution in [3.8, 4) is 0 Å². The fraction of sp³-hybridized carbons (Fsp3) is 0.909. The van der Waals surface area contributed by atoms with Crippen LogP contribution in [0.25, 0.3) is 0 Å². The van der Waals surface area contributed by atoms with Crippen LogP contribution in [0.4, 0.5) is 0 Å². The first-order chi connectivity index (χ1) is 7.00. The summed E-state index contributed by atoms with van der Waals surface area (Å²) in [5.41, 5.74) is -0.198. The highest BCUT2D eigenvalue weighted by Crippen LogP contribution is 2.34. The molecule has 0 saturated heterocycles. The number of ether oxygens (including phenoxy) is 2. The van der Waals surface area contributed by atoms with Gasteiger partial charge in [-0.1, -0.05) is 0 Å². The van der Waals surface area contributed by atoms with Crippen LogP contribution in [-0.2, 0) is 14.3 Å². The minimum absolute atomic E-state index is 0.165. The lowest BCUT2D eigenvalue weighted by molar-refractivity contribution is -0.144. The maximum absolute atomic E-state index is 11.5. The second-order valence-electron chi connectivity index (χ2n) is 4.80. The molecule has 4 heteroatoms. The summed E-state index contributed by atoms with van der Waals surface area (Å²) in [7, 11) is 3.09. The summed E-state index contributed by atoms with van der Waals surface area (Å²) in [6.45, 7) is 4.62. The summed E-state index contributed by atoms with van der Waals surface area (Å²) in [6, 6.07) is -0.180. The summed E-state index contributed by atoms with van der Waals surface area (Å²) in [4.78, 5) is 11.5. The standard InChI is InChI=1S/C11H21NO3/c1-11(2,7-14-3)12-9(8-5-6-8)10(13)15-4/h8-9,12H,5-7H2,1-4H3. The summed E-state index contributed by atoms with van der Waals surface area (Å²) in [5.74, 6) is 0.273. The summed E-state index contributed by atoms with van der Waals surface area (Å²) in [6.07, 6.45) is 2.21. The molecule has 0 heterocycles. The topological polar surface area (TPSA) is 47.6 Å². The van der Waals surface area contributed by atoms with Crippen molar-refractivity contribution in [2.75, 3.05) is 20.8 Å². The van der Waals surface area contributed by atoms with E-state index in [0.29, 0.717) is 12.5 Å². The van der Waals surface area contributed by atoms with Crippen molar-refractivity contribution in [1.29, 1.82) is 0 Å². The van der Waals surface area contributed by atoms with Crippen LogP contribution < -0.4 is 5.32 Å². The molecule has 88 valence electrons. The minimum Gasteiger partial charge on any atom is -0.468 e. The molecule has 0 aromatic rings. The second-order valence-corrected chi connectivity index (χ2v) is 4.80. The lowest BCUT2D eigenvalue weighted by Gasteiger charge is -2.30. The molecule has 15 heavy (non-hydrogen) atoms. The molecule has 1 unspecified atom stereocenters.